The van der Waals surface area contributed by atoms with E-state index in [4.69, 9.17) is 0 Å². The zero-order valence-electron chi connectivity index (χ0n) is 9.30. The molecule has 0 amide bonds. The Hall–Kier alpha value is -1.91. The number of hydrogen-bond acceptors (Lipinski definition) is 4. The summed E-state index contributed by atoms with van der Waals surface area (Å²) >= 11 is 0. The number of aromatic nitrogens is 4. The van der Waals surface area contributed by atoms with Gasteiger partial charge in [0.15, 0.2) is 0 Å². The zero-order chi connectivity index (χ0) is 11.2. The minimum absolute atomic E-state index is 0.743. The maximum Gasteiger partial charge on any atom is 0.115 e. The fourth-order valence-corrected chi connectivity index (χ4v) is 1.52. The van der Waals surface area contributed by atoms with E-state index in [2.05, 4.69) is 31.8 Å². The van der Waals surface area contributed by atoms with Crippen LogP contribution < -0.4 is 5.32 Å². The summed E-state index contributed by atoms with van der Waals surface area (Å²) in [5, 5.41) is 3.26. The second-order valence-corrected chi connectivity index (χ2v) is 3.56. The van der Waals surface area contributed by atoms with E-state index in [0.29, 0.717) is 0 Å². The molecule has 0 aromatic carbocycles. The normalized spacial score (nSPS) is 10.3. The van der Waals surface area contributed by atoms with Gasteiger partial charge < -0.3 is 9.88 Å². The molecule has 84 valence electrons. The summed E-state index contributed by atoms with van der Waals surface area (Å²) in [6.07, 6.45) is 9.89. The van der Waals surface area contributed by atoms with E-state index in [0.717, 1.165) is 25.2 Å². The van der Waals surface area contributed by atoms with Crippen molar-refractivity contribution in [3.63, 3.8) is 0 Å². The molecule has 16 heavy (non-hydrogen) atoms. The van der Waals surface area contributed by atoms with E-state index in [1.165, 1.54) is 12.0 Å². The van der Waals surface area contributed by atoms with Gasteiger partial charge in [-0.1, -0.05) is 6.92 Å². The van der Waals surface area contributed by atoms with Gasteiger partial charge in [-0.05, 0) is 6.42 Å². The maximum absolute atomic E-state index is 4.14. The SMILES string of the molecule is CCCn1cncc1CNc1cncnc1. The summed E-state index contributed by atoms with van der Waals surface area (Å²) < 4.78 is 2.15. The molecule has 0 aliphatic heterocycles. The molecule has 0 bridgehead atoms. The van der Waals surface area contributed by atoms with Crippen molar-refractivity contribution in [2.24, 2.45) is 0 Å². The number of nitrogens with zero attached hydrogens (tertiary/aromatic N) is 4. The van der Waals surface area contributed by atoms with Crippen LogP contribution in [0.25, 0.3) is 0 Å². The first-order chi connectivity index (χ1) is 7.90. The quantitative estimate of drug-likeness (QED) is 0.828. The number of imidazole rings is 1. The Morgan fingerprint density at radius 2 is 2.00 bits per heavy atom. The van der Waals surface area contributed by atoms with Crippen LogP contribution in [0.1, 0.15) is 19.0 Å². The summed E-state index contributed by atoms with van der Waals surface area (Å²) in [5.74, 6) is 0. The number of rotatable bonds is 5. The van der Waals surface area contributed by atoms with Crippen LogP contribution in [-0.4, -0.2) is 19.5 Å². The Bertz CT molecular complexity index is 423. The van der Waals surface area contributed by atoms with E-state index in [9.17, 15) is 0 Å². The van der Waals surface area contributed by atoms with Crippen molar-refractivity contribution in [2.75, 3.05) is 5.32 Å². The summed E-state index contributed by atoms with van der Waals surface area (Å²) in [7, 11) is 0. The number of nitrogens with one attached hydrogen (secondary N) is 1. The fourth-order valence-electron chi connectivity index (χ4n) is 1.52. The van der Waals surface area contributed by atoms with Crippen molar-refractivity contribution >= 4 is 5.69 Å². The summed E-state index contributed by atoms with van der Waals surface area (Å²) in [6.45, 7) is 3.90. The van der Waals surface area contributed by atoms with Crippen LogP contribution >= 0.6 is 0 Å². The number of hydrogen-bond donors (Lipinski definition) is 1. The highest BCUT2D eigenvalue weighted by molar-refractivity contribution is 5.37. The Labute approximate surface area is 94.6 Å². The first kappa shape index (κ1) is 10.6. The van der Waals surface area contributed by atoms with Crippen molar-refractivity contribution in [1.82, 2.24) is 19.5 Å². The van der Waals surface area contributed by atoms with E-state index in [-0.39, 0.29) is 0 Å². The molecule has 2 heterocycles. The lowest BCUT2D eigenvalue weighted by atomic mass is 10.4. The molecule has 0 fully saturated rings. The molecule has 0 aliphatic rings. The van der Waals surface area contributed by atoms with Gasteiger partial charge in [0.25, 0.3) is 0 Å². The maximum atomic E-state index is 4.14. The van der Waals surface area contributed by atoms with Gasteiger partial charge in [0, 0.05) is 12.7 Å². The highest BCUT2D eigenvalue weighted by atomic mass is 15.1. The van der Waals surface area contributed by atoms with Crippen molar-refractivity contribution in [3.8, 4) is 0 Å². The van der Waals surface area contributed by atoms with Gasteiger partial charge in [0.2, 0.25) is 0 Å². The van der Waals surface area contributed by atoms with E-state index < -0.39 is 0 Å². The van der Waals surface area contributed by atoms with Crippen LogP contribution in [-0.2, 0) is 13.1 Å². The minimum Gasteiger partial charge on any atom is -0.377 e. The highest BCUT2D eigenvalue weighted by Crippen LogP contribution is 2.06. The third-order valence-corrected chi connectivity index (χ3v) is 2.30. The van der Waals surface area contributed by atoms with E-state index in [1.54, 1.807) is 12.4 Å². The first-order valence-corrected chi connectivity index (χ1v) is 5.38. The van der Waals surface area contributed by atoms with Gasteiger partial charge in [-0.15, -0.1) is 0 Å². The molecular formula is C11H15N5. The lowest BCUT2D eigenvalue weighted by molar-refractivity contribution is 0.651. The van der Waals surface area contributed by atoms with Crippen LogP contribution in [0, 0.1) is 0 Å². The Morgan fingerprint density at radius 3 is 2.75 bits per heavy atom. The van der Waals surface area contributed by atoms with Crippen LogP contribution in [0.5, 0.6) is 0 Å². The van der Waals surface area contributed by atoms with E-state index >= 15 is 0 Å². The molecule has 1 N–H and O–H groups in total. The van der Waals surface area contributed by atoms with Gasteiger partial charge in [0.1, 0.15) is 6.33 Å². The Morgan fingerprint density at radius 1 is 1.19 bits per heavy atom. The summed E-state index contributed by atoms with van der Waals surface area (Å²) in [5.41, 5.74) is 2.09. The standard InChI is InChI=1S/C11H15N5/c1-2-3-16-9-14-6-11(16)7-15-10-4-12-8-13-5-10/h4-6,8-9,15H,2-3,7H2,1H3. The van der Waals surface area contributed by atoms with Gasteiger partial charge in [-0.2, -0.15) is 0 Å². The van der Waals surface area contributed by atoms with Crippen LogP contribution in [0.3, 0.4) is 0 Å². The Kier molecular flexibility index (Phi) is 3.48. The minimum atomic E-state index is 0.743. The monoisotopic (exact) mass is 217 g/mol. The average molecular weight is 217 g/mol. The molecule has 0 aliphatic carbocycles. The predicted molar refractivity (Wildman–Crippen MR) is 61.9 cm³/mol. The van der Waals surface area contributed by atoms with Crippen LogP contribution in [0.2, 0.25) is 0 Å². The second kappa shape index (κ2) is 5.25. The first-order valence-electron chi connectivity index (χ1n) is 5.38. The van der Waals surface area contributed by atoms with Crippen molar-refractivity contribution in [1.29, 1.82) is 0 Å². The predicted octanol–water partition coefficient (Wildman–Crippen LogP) is 1.70. The third kappa shape index (κ3) is 2.56. The summed E-state index contributed by atoms with van der Waals surface area (Å²) in [4.78, 5) is 12.0. The van der Waals surface area contributed by atoms with Crippen molar-refractivity contribution < 1.29 is 0 Å². The van der Waals surface area contributed by atoms with Gasteiger partial charge >= 0.3 is 0 Å². The zero-order valence-corrected chi connectivity index (χ0v) is 9.30. The third-order valence-electron chi connectivity index (χ3n) is 2.30. The average Bonchev–Trinajstić information content (AvgIpc) is 2.76. The number of aryl methyl sites for hydroxylation is 1. The van der Waals surface area contributed by atoms with Gasteiger partial charge in [-0.25, -0.2) is 15.0 Å². The largest absolute Gasteiger partial charge is 0.377 e. The molecule has 2 rings (SSSR count). The highest BCUT2D eigenvalue weighted by Gasteiger charge is 2.00. The topological polar surface area (TPSA) is 55.6 Å². The van der Waals surface area contributed by atoms with Crippen molar-refractivity contribution in [3.05, 3.63) is 36.9 Å². The molecule has 0 spiro atoms. The number of anilines is 1. The molecule has 2 aromatic heterocycles. The van der Waals surface area contributed by atoms with Gasteiger partial charge in [0.05, 0.1) is 36.6 Å². The lowest BCUT2D eigenvalue weighted by Gasteiger charge is -2.08. The molecule has 0 unspecified atom stereocenters. The van der Waals surface area contributed by atoms with Crippen LogP contribution in [0.15, 0.2) is 31.2 Å². The molecule has 2 aromatic rings. The molecule has 0 atom stereocenters. The fraction of sp³-hybridized carbons (Fsp3) is 0.364. The van der Waals surface area contributed by atoms with Gasteiger partial charge in [-0.3, -0.25) is 0 Å². The Balaban J connectivity index is 1.97. The molecule has 0 saturated heterocycles. The smallest absolute Gasteiger partial charge is 0.115 e. The second-order valence-electron chi connectivity index (χ2n) is 3.56. The molecular weight excluding hydrogens is 202 g/mol. The molecule has 0 radical (unpaired) electrons. The molecule has 0 saturated carbocycles. The molecule has 5 nitrogen and oxygen atoms in total. The van der Waals surface area contributed by atoms with Crippen molar-refractivity contribution in [2.45, 2.75) is 26.4 Å². The lowest BCUT2D eigenvalue weighted by Crippen LogP contribution is -2.07. The summed E-state index contributed by atoms with van der Waals surface area (Å²) in [6, 6.07) is 0. The van der Waals surface area contributed by atoms with Crippen LogP contribution in [0.4, 0.5) is 5.69 Å². The van der Waals surface area contributed by atoms with E-state index in [1.807, 2.05) is 12.5 Å². The molecule has 5 heteroatoms.